The Morgan fingerprint density at radius 1 is 1.00 bits per heavy atom. The summed E-state index contributed by atoms with van der Waals surface area (Å²) >= 11 is 0. The van der Waals surface area contributed by atoms with Gasteiger partial charge in [0, 0.05) is 11.5 Å². The lowest BCUT2D eigenvalue weighted by Gasteiger charge is -2.32. The average molecular weight is 376 g/mol. The molecule has 6 nitrogen and oxygen atoms in total. The van der Waals surface area contributed by atoms with Crippen molar-refractivity contribution in [2.45, 2.75) is 12.1 Å². The first-order valence-electron chi connectivity index (χ1n) is 7.94. The molecule has 0 aliphatic heterocycles. The van der Waals surface area contributed by atoms with Crippen molar-refractivity contribution < 1.29 is 12.6 Å². The van der Waals surface area contributed by atoms with E-state index in [1.807, 2.05) is 36.4 Å². The van der Waals surface area contributed by atoms with Crippen LogP contribution in [0.1, 0.15) is 0 Å². The van der Waals surface area contributed by atoms with E-state index in [9.17, 15) is 8.42 Å². The second kappa shape index (κ2) is 8.82. The van der Waals surface area contributed by atoms with Gasteiger partial charge in [0.05, 0.1) is 12.9 Å². The maximum atomic E-state index is 11.4. The molecule has 0 aliphatic rings. The van der Waals surface area contributed by atoms with Crippen molar-refractivity contribution >= 4 is 28.6 Å². The number of nitrogens with zero attached hydrogens (tertiary/aromatic N) is 3. The highest BCUT2D eigenvalue weighted by atomic mass is 32.2. The van der Waals surface area contributed by atoms with Crippen molar-refractivity contribution in [3.63, 3.8) is 0 Å². The highest BCUT2D eigenvalue weighted by molar-refractivity contribution is 7.86. The molecule has 2 rings (SSSR count). The average Bonchev–Trinajstić information content (AvgIpc) is 2.61. The van der Waals surface area contributed by atoms with Gasteiger partial charge >= 0.3 is 0 Å². The minimum absolute atomic E-state index is 0.116. The molecule has 2 aromatic rings. The molecule has 0 unspecified atom stereocenters. The molecule has 0 atom stereocenters. The zero-order valence-corrected chi connectivity index (χ0v) is 15.9. The van der Waals surface area contributed by atoms with Crippen LogP contribution in [-0.2, 0) is 14.3 Å². The Morgan fingerprint density at radius 2 is 1.52 bits per heavy atom. The standard InChI is InChI=1S/C17H21N3O3SSi/c1-24(21,22)23-13-15-25(14-12-19-20-18,16-8-4-2-5-9-16)17-10-6-3-7-11-17/h2-11H,12-15H2,1H3. The maximum absolute atomic E-state index is 11.4. The van der Waals surface area contributed by atoms with E-state index in [-0.39, 0.29) is 6.61 Å². The lowest BCUT2D eigenvalue weighted by molar-refractivity contribution is 0.340. The van der Waals surface area contributed by atoms with Gasteiger partial charge in [0.25, 0.3) is 10.1 Å². The number of rotatable bonds is 9. The molecule has 0 fully saturated rings. The third-order valence-corrected chi connectivity index (χ3v) is 9.79. The van der Waals surface area contributed by atoms with Crippen LogP contribution in [0.15, 0.2) is 65.8 Å². The Bertz CT molecular complexity index is 783. The minimum atomic E-state index is -3.50. The third kappa shape index (κ3) is 5.44. The number of benzene rings is 2. The molecular weight excluding hydrogens is 354 g/mol. The van der Waals surface area contributed by atoms with Gasteiger partial charge in [-0.25, -0.2) is 0 Å². The highest BCUT2D eigenvalue weighted by Gasteiger charge is 2.36. The van der Waals surface area contributed by atoms with Crippen molar-refractivity contribution in [2.75, 3.05) is 19.4 Å². The molecule has 0 N–H and O–H groups in total. The van der Waals surface area contributed by atoms with E-state index in [1.54, 1.807) is 0 Å². The summed E-state index contributed by atoms with van der Waals surface area (Å²) in [5.74, 6) is 0. The second-order valence-corrected chi connectivity index (χ2v) is 11.8. The van der Waals surface area contributed by atoms with Crippen LogP contribution in [0.2, 0.25) is 12.1 Å². The fraction of sp³-hybridized carbons (Fsp3) is 0.294. The van der Waals surface area contributed by atoms with Crippen LogP contribution in [0, 0.1) is 0 Å². The van der Waals surface area contributed by atoms with Gasteiger partial charge in [-0.05, 0) is 17.6 Å². The Labute approximate surface area is 149 Å². The first kappa shape index (κ1) is 19.2. The molecule has 0 amide bonds. The monoisotopic (exact) mass is 375 g/mol. The molecular formula is C17H21N3O3SSi. The topological polar surface area (TPSA) is 92.1 Å². The second-order valence-electron chi connectivity index (χ2n) is 5.79. The Morgan fingerprint density at radius 3 is 1.96 bits per heavy atom. The molecule has 0 aliphatic carbocycles. The van der Waals surface area contributed by atoms with Crippen LogP contribution in [0.25, 0.3) is 10.4 Å². The van der Waals surface area contributed by atoms with E-state index < -0.39 is 18.2 Å². The highest BCUT2D eigenvalue weighted by Crippen LogP contribution is 2.18. The summed E-state index contributed by atoms with van der Waals surface area (Å²) in [6.45, 7) is 0.483. The Hall–Kier alpha value is -2.12. The molecule has 0 aromatic heterocycles. The molecule has 25 heavy (non-hydrogen) atoms. The molecule has 0 spiro atoms. The predicted octanol–water partition coefficient (Wildman–Crippen LogP) is 2.54. The first-order chi connectivity index (χ1) is 12.0. The molecule has 0 saturated carbocycles. The van der Waals surface area contributed by atoms with Crippen LogP contribution in [0.5, 0.6) is 0 Å². The first-order valence-corrected chi connectivity index (χ1v) is 12.2. The van der Waals surface area contributed by atoms with E-state index in [0.29, 0.717) is 18.6 Å². The van der Waals surface area contributed by atoms with Gasteiger partial charge in [0.15, 0.2) is 0 Å². The van der Waals surface area contributed by atoms with Gasteiger partial charge in [0.2, 0.25) is 0 Å². The SMILES string of the molecule is CS(=O)(=O)OCC[Si](CCN=[N+]=[N-])(c1ccccc1)c1ccccc1. The van der Waals surface area contributed by atoms with Gasteiger partial charge in [-0.15, -0.1) is 0 Å². The summed E-state index contributed by atoms with van der Waals surface area (Å²) < 4.78 is 27.8. The summed E-state index contributed by atoms with van der Waals surface area (Å²) in [5.41, 5.74) is 8.66. The van der Waals surface area contributed by atoms with Crippen molar-refractivity contribution in [1.29, 1.82) is 0 Å². The van der Waals surface area contributed by atoms with Crippen LogP contribution in [0.4, 0.5) is 0 Å². The third-order valence-electron chi connectivity index (χ3n) is 4.18. The molecule has 0 radical (unpaired) electrons. The van der Waals surface area contributed by atoms with Gasteiger partial charge in [-0.3, -0.25) is 4.18 Å². The van der Waals surface area contributed by atoms with E-state index in [1.165, 1.54) is 10.4 Å². The van der Waals surface area contributed by atoms with Gasteiger partial charge in [0.1, 0.15) is 8.07 Å². The number of hydrogen-bond donors (Lipinski definition) is 0. The van der Waals surface area contributed by atoms with Gasteiger partial charge in [-0.2, -0.15) is 8.42 Å². The molecule has 132 valence electrons. The predicted molar refractivity (Wildman–Crippen MR) is 102 cm³/mol. The summed E-state index contributed by atoms with van der Waals surface area (Å²) in [6, 6.07) is 21.4. The van der Waals surface area contributed by atoms with Crippen LogP contribution in [-0.4, -0.2) is 35.9 Å². The Kier molecular flexibility index (Phi) is 6.78. The summed E-state index contributed by atoms with van der Waals surface area (Å²) in [7, 11) is -5.83. The number of azide groups is 1. The van der Waals surface area contributed by atoms with Crippen LogP contribution >= 0.6 is 0 Å². The van der Waals surface area contributed by atoms with Crippen molar-refractivity contribution in [1.82, 2.24) is 0 Å². The molecule has 0 bridgehead atoms. The zero-order chi connectivity index (χ0) is 18.2. The Balaban J connectivity index is 2.46. The summed E-state index contributed by atoms with van der Waals surface area (Å²) in [6.07, 6.45) is 1.06. The van der Waals surface area contributed by atoms with Crippen molar-refractivity contribution in [3.8, 4) is 0 Å². The van der Waals surface area contributed by atoms with Crippen molar-refractivity contribution in [2.24, 2.45) is 5.11 Å². The molecule has 0 heterocycles. The normalized spacial score (nSPS) is 11.7. The lowest BCUT2D eigenvalue weighted by atomic mass is 10.4. The van der Waals surface area contributed by atoms with E-state index in [2.05, 4.69) is 34.3 Å². The smallest absolute Gasteiger partial charge is 0.264 e. The van der Waals surface area contributed by atoms with Crippen LogP contribution in [0.3, 0.4) is 0 Å². The number of hydrogen-bond acceptors (Lipinski definition) is 4. The van der Waals surface area contributed by atoms with Gasteiger partial charge in [-0.1, -0.05) is 76.2 Å². The summed E-state index contributed by atoms with van der Waals surface area (Å²) in [5, 5.41) is 6.07. The largest absolute Gasteiger partial charge is 0.271 e. The maximum Gasteiger partial charge on any atom is 0.264 e. The van der Waals surface area contributed by atoms with E-state index in [4.69, 9.17) is 9.71 Å². The molecule has 2 aromatic carbocycles. The van der Waals surface area contributed by atoms with Crippen LogP contribution < -0.4 is 10.4 Å². The molecule has 8 heteroatoms. The quantitative estimate of drug-likeness (QED) is 0.222. The fourth-order valence-corrected chi connectivity index (χ4v) is 7.90. The molecule has 0 saturated heterocycles. The minimum Gasteiger partial charge on any atom is -0.271 e. The van der Waals surface area contributed by atoms with Gasteiger partial charge < -0.3 is 0 Å². The fourth-order valence-electron chi connectivity index (χ4n) is 3.04. The van der Waals surface area contributed by atoms with E-state index >= 15 is 0 Å². The zero-order valence-electron chi connectivity index (χ0n) is 14.1. The summed E-state index contributed by atoms with van der Waals surface area (Å²) in [4.78, 5) is 2.87. The lowest BCUT2D eigenvalue weighted by Crippen LogP contribution is -2.59. The van der Waals surface area contributed by atoms with Crippen molar-refractivity contribution in [3.05, 3.63) is 71.1 Å². The van der Waals surface area contributed by atoms with E-state index in [0.717, 1.165) is 6.26 Å².